The van der Waals surface area contributed by atoms with Crippen LogP contribution in [0.4, 0.5) is 14.9 Å². The molecule has 9 nitrogen and oxygen atoms in total. The van der Waals surface area contributed by atoms with E-state index in [1.54, 1.807) is 11.0 Å². The number of anilines is 1. The van der Waals surface area contributed by atoms with E-state index in [1.165, 1.54) is 6.07 Å². The summed E-state index contributed by atoms with van der Waals surface area (Å²) in [6.45, 7) is 1.82. The molecular weight excluding hydrogens is 491 g/mol. The normalized spacial score (nSPS) is 24.7. The van der Waals surface area contributed by atoms with E-state index in [9.17, 15) is 9.90 Å². The number of carbonyl (C=O) groups excluding carboxylic acids is 1. The predicted molar refractivity (Wildman–Crippen MR) is 138 cm³/mol. The Morgan fingerprint density at radius 2 is 1.68 bits per heavy atom. The molecule has 2 aromatic heterocycles. The molecule has 0 aliphatic carbocycles. The van der Waals surface area contributed by atoms with Crippen LogP contribution in [-0.4, -0.2) is 71.8 Å². The first-order chi connectivity index (χ1) is 18.5. The number of nitrogens with zero attached hydrogens (tertiary/aromatic N) is 2. The molecule has 10 heteroatoms. The van der Waals surface area contributed by atoms with E-state index in [1.807, 2.05) is 48.5 Å². The number of hydrogen-bond acceptors (Lipinski definition) is 6. The Bertz CT molecular complexity index is 1510. The fourth-order valence-corrected chi connectivity index (χ4v) is 5.35. The minimum absolute atomic E-state index is 0.0847. The number of hydrogen-bond donors (Lipinski definition) is 3. The number of fused-ring (bicyclic) bond motifs is 2. The summed E-state index contributed by atoms with van der Waals surface area (Å²) in [6, 6.07) is 18.4. The second-order valence-corrected chi connectivity index (χ2v) is 9.71. The lowest BCUT2D eigenvalue weighted by Gasteiger charge is -2.16. The number of pyridine rings is 1. The van der Waals surface area contributed by atoms with Crippen molar-refractivity contribution in [1.29, 1.82) is 0 Å². The molecule has 2 aromatic carbocycles. The molecule has 2 amide bonds. The van der Waals surface area contributed by atoms with Gasteiger partial charge in [0, 0.05) is 36.5 Å². The van der Waals surface area contributed by atoms with Gasteiger partial charge in [0.05, 0.1) is 24.2 Å². The van der Waals surface area contributed by atoms with Crippen molar-refractivity contribution < 1.29 is 28.5 Å². The second-order valence-electron chi connectivity index (χ2n) is 9.71. The molecule has 0 unspecified atom stereocenters. The van der Waals surface area contributed by atoms with Crippen LogP contribution in [0.15, 0.2) is 60.7 Å². The number of aromatic amines is 1. The average molecular weight is 517 g/mol. The lowest BCUT2D eigenvalue weighted by Crippen LogP contribution is -2.34. The highest BCUT2D eigenvalue weighted by atomic mass is 19.1. The molecule has 0 saturated carbocycles. The van der Waals surface area contributed by atoms with Gasteiger partial charge in [0.15, 0.2) is 17.8 Å². The van der Waals surface area contributed by atoms with Crippen molar-refractivity contribution in [1.82, 2.24) is 15.3 Å². The van der Waals surface area contributed by atoms with Crippen molar-refractivity contribution in [3.05, 3.63) is 66.5 Å². The summed E-state index contributed by atoms with van der Waals surface area (Å²) in [5.41, 5.74) is 4.81. The number of aliphatic hydroxyl groups is 1. The molecule has 4 atom stereocenters. The molecule has 0 radical (unpaired) electrons. The summed E-state index contributed by atoms with van der Waals surface area (Å²) < 4.78 is 32.3. The fraction of sp³-hybridized carbons (Fsp3) is 0.286. The highest BCUT2D eigenvalue weighted by molar-refractivity contribution is 5.94. The molecule has 5 heterocycles. The second kappa shape index (κ2) is 9.09. The maximum atomic E-state index is 15.1. The van der Waals surface area contributed by atoms with E-state index in [-0.39, 0.29) is 36.6 Å². The van der Waals surface area contributed by atoms with Crippen LogP contribution in [0.1, 0.15) is 0 Å². The van der Waals surface area contributed by atoms with Gasteiger partial charge in [0.25, 0.3) is 0 Å². The summed E-state index contributed by atoms with van der Waals surface area (Å²) >= 11 is 0. The van der Waals surface area contributed by atoms with E-state index in [0.717, 1.165) is 16.8 Å². The largest absolute Gasteiger partial charge is 0.470 e. The summed E-state index contributed by atoms with van der Waals surface area (Å²) in [4.78, 5) is 21.2. The average Bonchev–Trinajstić information content (AvgIpc) is 3.71. The number of urea groups is 1. The zero-order valence-electron chi connectivity index (χ0n) is 20.3. The third-order valence-electron chi connectivity index (χ3n) is 7.32. The molecule has 194 valence electrons. The SMILES string of the molecule is O=C1NCCN1c1ccc(-c2ccc(-c3nc4cc(O[C@@H]5CO[C@H]6[C@@H]5OC[C@H]6O)[nH]c4cc3F)cc2)cc1. The predicted octanol–water partition coefficient (Wildman–Crippen LogP) is 3.47. The molecule has 3 saturated heterocycles. The Balaban J connectivity index is 1.10. The van der Waals surface area contributed by atoms with Gasteiger partial charge in [0.2, 0.25) is 0 Å². The molecule has 0 bridgehead atoms. The smallest absolute Gasteiger partial charge is 0.321 e. The lowest BCUT2D eigenvalue weighted by molar-refractivity contribution is 0.00794. The quantitative estimate of drug-likeness (QED) is 0.375. The molecule has 0 spiro atoms. The van der Waals surface area contributed by atoms with E-state index in [4.69, 9.17) is 14.2 Å². The Morgan fingerprint density at radius 3 is 2.42 bits per heavy atom. The van der Waals surface area contributed by atoms with Crippen LogP contribution in [0.3, 0.4) is 0 Å². The molecule has 3 N–H and O–H groups in total. The standard InChI is InChI=1S/C28H25FN4O5/c29-19-11-20-21(12-24(31-20)38-23-14-37-26-22(34)13-36-27(23)26)32-25(19)17-3-1-15(2-4-17)16-5-7-18(8-6-16)33-10-9-30-28(33)35/h1-8,11-12,22-23,26-27,31,34H,9-10,13-14H2,(H,30,35)/t22-,23-,26-,27-/m1/s1. The van der Waals surface area contributed by atoms with Crippen LogP contribution in [0.5, 0.6) is 5.88 Å². The van der Waals surface area contributed by atoms with E-state index in [2.05, 4.69) is 15.3 Å². The Hall–Kier alpha value is -3.99. The highest BCUT2D eigenvalue weighted by Crippen LogP contribution is 2.33. The molecule has 7 rings (SSSR count). The van der Waals surface area contributed by atoms with E-state index < -0.39 is 11.9 Å². The zero-order valence-corrected chi connectivity index (χ0v) is 20.3. The van der Waals surface area contributed by atoms with Crippen LogP contribution >= 0.6 is 0 Å². The summed E-state index contributed by atoms with van der Waals surface area (Å²) in [5.74, 6) is -0.00750. The van der Waals surface area contributed by atoms with Gasteiger partial charge >= 0.3 is 6.03 Å². The number of aromatic nitrogens is 2. The van der Waals surface area contributed by atoms with E-state index >= 15 is 4.39 Å². The Kier molecular flexibility index (Phi) is 5.54. The first-order valence-corrected chi connectivity index (χ1v) is 12.6. The van der Waals surface area contributed by atoms with Crippen LogP contribution in [0.2, 0.25) is 0 Å². The molecule has 38 heavy (non-hydrogen) atoms. The number of carbonyl (C=O) groups is 1. The number of benzene rings is 2. The number of amides is 2. The van der Waals surface area contributed by atoms with Crippen LogP contribution < -0.4 is 15.0 Å². The van der Waals surface area contributed by atoms with Gasteiger partial charge in [-0.2, -0.15) is 0 Å². The number of H-pyrrole nitrogens is 1. The van der Waals surface area contributed by atoms with Crippen LogP contribution in [-0.2, 0) is 9.47 Å². The molecule has 3 aliphatic heterocycles. The zero-order chi connectivity index (χ0) is 25.8. The van der Waals surface area contributed by atoms with Crippen molar-refractivity contribution >= 4 is 22.8 Å². The van der Waals surface area contributed by atoms with Gasteiger partial charge in [-0.1, -0.05) is 36.4 Å². The Labute approximate surface area is 217 Å². The maximum absolute atomic E-state index is 15.1. The van der Waals surface area contributed by atoms with Gasteiger partial charge in [0.1, 0.15) is 24.0 Å². The number of aliphatic hydroxyl groups excluding tert-OH is 1. The van der Waals surface area contributed by atoms with Gasteiger partial charge in [-0.3, -0.25) is 4.90 Å². The Morgan fingerprint density at radius 1 is 0.974 bits per heavy atom. The molecule has 3 aliphatic rings. The van der Waals surface area contributed by atoms with Crippen LogP contribution in [0, 0.1) is 5.82 Å². The number of halogens is 1. The van der Waals surface area contributed by atoms with Crippen molar-refractivity contribution in [3.63, 3.8) is 0 Å². The van der Waals surface area contributed by atoms with Gasteiger partial charge in [-0.15, -0.1) is 0 Å². The minimum Gasteiger partial charge on any atom is -0.470 e. The van der Waals surface area contributed by atoms with Gasteiger partial charge in [-0.05, 0) is 23.3 Å². The molecule has 4 aromatic rings. The van der Waals surface area contributed by atoms with E-state index in [0.29, 0.717) is 42.2 Å². The summed E-state index contributed by atoms with van der Waals surface area (Å²) in [7, 11) is 0. The third-order valence-corrected chi connectivity index (χ3v) is 7.32. The van der Waals surface area contributed by atoms with Crippen molar-refractivity contribution in [2.24, 2.45) is 0 Å². The maximum Gasteiger partial charge on any atom is 0.321 e. The van der Waals surface area contributed by atoms with Gasteiger partial charge in [-0.25, -0.2) is 14.2 Å². The summed E-state index contributed by atoms with van der Waals surface area (Å²) in [5, 5.41) is 12.7. The topological polar surface area (TPSA) is 109 Å². The number of nitrogens with one attached hydrogen (secondary N) is 2. The summed E-state index contributed by atoms with van der Waals surface area (Å²) in [6.07, 6.45) is -1.76. The van der Waals surface area contributed by atoms with Crippen molar-refractivity contribution in [2.75, 3.05) is 31.2 Å². The number of ether oxygens (including phenoxy) is 3. The monoisotopic (exact) mass is 516 g/mol. The first kappa shape index (κ1) is 23.2. The van der Waals surface area contributed by atoms with Crippen LogP contribution in [0.25, 0.3) is 33.4 Å². The highest BCUT2D eigenvalue weighted by Gasteiger charge is 2.48. The minimum atomic E-state index is -0.654. The number of rotatable bonds is 5. The molecular formula is C28H25FN4O5. The fourth-order valence-electron chi connectivity index (χ4n) is 5.35. The van der Waals surface area contributed by atoms with Crippen molar-refractivity contribution in [2.45, 2.75) is 24.4 Å². The first-order valence-electron chi connectivity index (χ1n) is 12.6. The third kappa shape index (κ3) is 3.97. The lowest BCUT2D eigenvalue weighted by atomic mass is 10.0. The van der Waals surface area contributed by atoms with Gasteiger partial charge < -0.3 is 29.6 Å². The van der Waals surface area contributed by atoms with Crippen molar-refractivity contribution in [3.8, 4) is 28.3 Å². The molecule has 3 fully saturated rings.